The van der Waals surface area contributed by atoms with Gasteiger partial charge in [0.1, 0.15) is 0 Å². The largest absolute Gasteiger partial charge is 0.481 e. The van der Waals surface area contributed by atoms with Crippen molar-refractivity contribution in [2.45, 2.75) is 70.8 Å². The summed E-state index contributed by atoms with van der Waals surface area (Å²) in [6.45, 7) is 13.0. The Morgan fingerprint density at radius 2 is 1.93 bits per heavy atom. The number of fused-ring (bicyclic) bond motifs is 5. The smallest absolute Gasteiger partial charge is 0.303 e. The van der Waals surface area contributed by atoms with E-state index in [1.165, 1.54) is 5.57 Å². The van der Waals surface area contributed by atoms with Gasteiger partial charge in [-0.1, -0.05) is 32.6 Å². The van der Waals surface area contributed by atoms with E-state index in [1.807, 2.05) is 6.08 Å². The van der Waals surface area contributed by atoms with Crippen molar-refractivity contribution in [2.24, 2.45) is 28.6 Å². The number of aliphatic hydroxyl groups is 1. The minimum atomic E-state index is -1.20. The Hall–Kier alpha value is -1.68. The zero-order valence-electron chi connectivity index (χ0n) is 17.1. The molecule has 0 bridgehead atoms. The first-order valence-electron chi connectivity index (χ1n) is 10.6. The summed E-state index contributed by atoms with van der Waals surface area (Å²) >= 11 is 0. The Balaban J connectivity index is 1.72. The number of carboxylic acids is 1. The molecule has 0 aromatic carbocycles. The van der Waals surface area contributed by atoms with Crippen molar-refractivity contribution >= 4 is 11.8 Å². The Kier molecular flexibility index (Phi) is 4.32. The normalized spacial score (nSPS) is 45.2. The number of ketones is 1. The molecule has 4 nitrogen and oxygen atoms in total. The van der Waals surface area contributed by atoms with Crippen LogP contribution < -0.4 is 0 Å². The van der Waals surface area contributed by atoms with Crippen LogP contribution in [0.2, 0.25) is 0 Å². The lowest BCUT2D eigenvalue weighted by atomic mass is 9.46. The third-order valence-corrected chi connectivity index (χ3v) is 9.04. The molecule has 0 aromatic heterocycles. The molecule has 0 heterocycles. The van der Waals surface area contributed by atoms with Crippen molar-refractivity contribution in [1.82, 2.24) is 0 Å². The minimum Gasteiger partial charge on any atom is -0.481 e. The van der Waals surface area contributed by atoms with Crippen LogP contribution in [0.15, 0.2) is 36.0 Å². The highest BCUT2D eigenvalue weighted by Crippen LogP contribution is 2.70. The molecule has 0 aromatic rings. The summed E-state index contributed by atoms with van der Waals surface area (Å²) in [5.74, 6) is 0.378. The average molecular weight is 385 g/mol. The van der Waals surface area contributed by atoms with Crippen LogP contribution in [0.25, 0.3) is 0 Å². The van der Waals surface area contributed by atoms with E-state index in [4.69, 9.17) is 0 Å². The maximum Gasteiger partial charge on any atom is 0.303 e. The third kappa shape index (κ3) is 2.39. The number of hydrogen-bond donors (Lipinski definition) is 2. The van der Waals surface area contributed by atoms with Crippen LogP contribution in [0, 0.1) is 28.6 Å². The first kappa shape index (κ1) is 19.6. The Morgan fingerprint density at radius 3 is 2.61 bits per heavy atom. The molecule has 2 N–H and O–H groups in total. The molecule has 4 rings (SSSR count). The number of hydrogen-bond acceptors (Lipinski definition) is 3. The summed E-state index contributed by atoms with van der Waals surface area (Å²) in [7, 11) is 0. The van der Waals surface area contributed by atoms with Crippen molar-refractivity contribution in [1.29, 1.82) is 0 Å². The summed E-state index contributed by atoms with van der Waals surface area (Å²) in [6.07, 6.45) is 7.34. The second-order valence-electron chi connectivity index (χ2n) is 10.1. The zero-order valence-corrected chi connectivity index (χ0v) is 17.1. The van der Waals surface area contributed by atoms with Gasteiger partial charge < -0.3 is 10.2 Å². The number of rotatable bonds is 3. The Bertz CT molecular complexity index is 807. The van der Waals surface area contributed by atoms with Gasteiger partial charge in [0.05, 0.1) is 5.60 Å². The van der Waals surface area contributed by atoms with Gasteiger partial charge in [0.25, 0.3) is 0 Å². The fourth-order valence-corrected chi connectivity index (χ4v) is 7.40. The zero-order chi connectivity index (χ0) is 20.5. The lowest BCUT2D eigenvalue weighted by molar-refractivity contribution is -0.143. The number of aliphatic carboxylic acids is 1. The van der Waals surface area contributed by atoms with Gasteiger partial charge in [-0.2, -0.15) is 0 Å². The Morgan fingerprint density at radius 1 is 1.21 bits per heavy atom. The van der Waals surface area contributed by atoms with Gasteiger partial charge in [-0.05, 0) is 78.9 Å². The van der Waals surface area contributed by atoms with E-state index in [1.54, 1.807) is 0 Å². The highest BCUT2D eigenvalue weighted by atomic mass is 16.4. The fraction of sp³-hybridized carbons (Fsp3) is 0.667. The molecule has 4 aliphatic carbocycles. The van der Waals surface area contributed by atoms with E-state index < -0.39 is 17.0 Å². The van der Waals surface area contributed by atoms with E-state index in [2.05, 4.69) is 27.0 Å². The van der Waals surface area contributed by atoms with Crippen LogP contribution in [0.3, 0.4) is 0 Å². The van der Waals surface area contributed by atoms with E-state index in [0.29, 0.717) is 23.8 Å². The van der Waals surface area contributed by atoms with Crippen molar-refractivity contribution < 1.29 is 19.8 Å². The molecule has 4 aliphatic rings. The van der Waals surface area contributed by atoms with E-state index in [-0.39, 0.29) is 30.0 Å². The molecule has 0 saturated heterocycles. The molecular weight excluding hydrogens is 352 g/mol. The van der Waals surface area contributed by atoms with Gasteiger partial charge in [0.15, 0.2) is 5.78 Å². The van der Waals surface area contributed by atoms with Crippen LogP contribution in [0.4, 0.5) is 0 Å². The molecule has 0 amide bonds. The van der Waals surface area contributed by atoms with Crippen LogP contribution in [0.5, 0.6) is 0 Å². The molecule has 152 valence electrons. The van der Waals surface area contributed by atoms with Crippen molar-refractivity contribution in [3.63, 3.8) is 0 Å². The highest BCUT2D eigenvalue weighted by molar-refractivity contribution is 5.91. The summed E-state index contributed by atoms with van der Waals surface area (Å²) in [4.78, 5) is 23.2. The summed E-state index contributed by atoms with van der Waals surface area (Å²) in [6, 6.07) is 0. The van der Waals surface area contributed by atoms with Gasteiger partial charge in [0.2, 0.25) is 0 Å². The molecule has 6 atom stereocenters. The quantitative estimate of drug-likeness (QED) is 0.754. The van der Waals surface area contributed by atoms with Crippen molar-refractivity contribution in [3.8, 4) is 0 Å². The van der Waals surface area contributed by atoms with Crippen molar-refractivity contribution in [3.05, 3.63) is 36.0 Å². The van der Waals surface area contributed by atoms with E-state index >= 15 is 0 Å². The lowest BCUT2D eigenvalue weighted by Crippen LogP contribution is -2.55. The average Bonchev–Trinajstić information content (AvgIpc) is 2.79. The Labute approximate surface area is 167 Å². The predicted octanol–water partition coefficient (Wildman–Crippen LogP) is 4.45. The maximum absolute atomic E-state index is 12.0. The van der Waals surface area contributed by atoms with Gasteiger partial charge in [-0.15, -0.1) is 0 Å². The minimum absolute atomic E-state index is 0.0571. The first-order chi connectivity index (χ1) is 13.0. The van der Waals surface area contributed by atoms with E-state index in [9.17, 15) is 19.8 Å². The molecule has 0 aliphatic heterocycles. The summed E-state index contributed by atoms with van der Waals surface area (Å²) in [5.41, 5.74) is 1.33. The van der Waals surface area contributed by atoms with Crippen LogP contribution in [-0.4, -0.2) is 27.6 Å². The van der Waals surface area contributed by atoms with Gasteiger partial charge in [-0.3, -0.25) is 9.59 Å². The molecular formula is C24H32O4. The van der Waals surface area contributed by atoms with Gasteiger partial charge in [-0.25, -0.2) is 0 Å². The standard InChI is InChI=1S/C24H32O4/c1-14-15(2)24(28,12-9-20(26)27)23(4)11-8-19-18(21(14)23)6-5-16-13-17(25)7-10-22(16,19)3/h13,18-19,21,28H,1-2,5-12H2,3-4H3,(H,26,27)/t18-,19+,21+,22+,23+,24+/m1/s1. The molecule has 0 spiro atoms. The number of allylic oxidation sites excluding steroid dienone is 1. The molecule has 0 radical (unpaired) electrons. The summed E-state index contributed by atoms with van der Waals surface area (Å²) in [5, 5.41) is 20.9. The molecule has 3 saturated carbocycles. The SMILES string of the molecule is C=C1C(=C)[C@@](O)(CCC(=O)O)[C@@]2(C)CC[C@H]3[C@@H](CCC4=CC(=O)CC[C@@]43C)[C@H]12. The predicted molar refractivity (Wildman–Crippen MR) is 108 cm³/mol. The molecule has 3 fully saturated rings. The molecule has 28 heavy (non-hydrogen) atoms. The van der Waals surface area contributed by atoms with Crippen LogP contribution in [-0.2, 0) is 9.59 Å². The second kappa shape index (κ2) is 6.16. The topological polar surface area (TPSA) is 74.6 Å². The fourth-order valence-electron chi connectivity index (χ4n) is 7.40. The monoisotopic (exact) mass is 384 g/mol. The van der Waals surface area contributed by atoms with Crippen LogP contribution in [0.1, 0.15) is 65.2 Å². The number of carboxylic acid groups (broad SMARTS) is 1. The third-order valence-electron chi connectivity index (χ3n) is 9.04. The van der Waals surface area contributed by atoms with Gasteiger partial charge >= 0.3 is 5.97 Å². The lowest BCUT2D eigenvalue weighted by Gasteiger charge is -2.59. The summed E-state index contributed by atoms with van der Waals surface area (Å²) < 4.78 is 0. The molecule has 4 heteroatoms. The highest BCUT2D eigenvalue weighted by Gasteiger charge is 2.66. The second-order valence-corrected chi connectivity index (χ2v) is 10.1. The maximum atomic E-state index is 12.0. The van der Waals surface area contributed by atoms with Crippen LogP contribution >= 0.6 is 0 Å². The van der Waals surface area contributed by atoms with Gasteiger partial charge in [0, 0.05) is 18.3 Å². The first-order valence-corrected chi connectivity index (χ1v) is 10.6. The number of carbonyl (C=O) groups is 2. The number of carbonyl (C=O) groups excluding carboxylic acids is 1. The van der Waals surface area contributed by atoms with Crippen molar-refractivity contribution in [2.75, 3.05) is 0 Å². The molecule has 0 unspecified atom stereocenters. The van der Waals surface area contributed by atoms with E-state index in [0.717, 1.165) is 37.7 Å².